The summed E-state index contributed by atoms with van der Waals surface area (Å²) in [6, 6.07) is 5.72. The number of benzene rings is 1. The van der Waals surface area contributed by atoms with Gasteiger partial charge in [-0.25, -0.2) is 8.42 Å². The van der Waals surface area contributed by atoms with E-state index in [9.17, 15) is 8.42 Å². The average molecular weight is 483 g/mol. The zero-order chi connectivity index (χ0) is 17.8. The first-order valence-corrected chi connectivity index (χ1v) is 9.43. The summed E-state index contributed by atoms with van der Waals surface area (Å²) in [5, 5.41) is 6.17. The minimum Gasteiger partial charge on any atom is -0.454 e. The molecule has 0 bridgehead atoms. The molecule has 0 saturated heterocycles. The highest BCUT2D eigenvalue weighted by Crippen LogP contribution is 2.32. The summed E-state index contributed by atoms with van der Waals surface area (Å²) >= 11 is 0. The summed E-state index contributed by atoms with van der Waals surface area (Å²) in [6.07, 6.45) is 0. The van der Waals surface area contributed by atoms with Gasteiger partial charge in [0, 0.05) is 20.1 Å². The van der Waals surface area contributed by atoms with Crippen molar-refractivity contribution in [2.24, 2.45) is 4.99 Å². The van der Waals surface area contributed by atoms with Gasteiger partial charge in [0.25, 0.3) is 0 Å². The summed E-state index contributed by atoms with van der Waals surface area (Å²) in [5.74, 6) is 2.08. The van der Waals surface area contributed by atoms with E-state index in [4.69, 9.17) is 9.47 Å². The van der Waals surface area contributed by atoms with Gasteiger partial charge in [-0.05, 0) is 38.5 Å². The molecular weight excluding hydrogens is 457 g/mol. The SMILES string of the molecule is CN=C(NCCS(=O)(=O)C(C)(C)C)NCc1ccc2c(c1)OCO2.I. The molecule has 0 aromatic heterocycles. The van der Waals surface area contributed by atoms with Crippen molar-refractivity contribution in [1.29, 1.82) is 0 Å². The molecule has 1 aliphatic heterocycles. The molecule has 0 amide bonds. The molecule has 0 aliphatic carbocycles. The third kappa shape index (κ3) is 5.91. The number of ether oxygens (including phenoxy) is 2. The molecule has 2 N–H and O–H groups in total. The fourth-order valence-electron chi connectivity index (χ4n) is 2.07. The molecule has 0 atom stereocenters. The first-order chi connectivity index (χ1) is 11.2. The molecular formula is C16H26IN3O4S. The summed E-state index contributed by atoms with van der Waals surface area (Å²) in [5.41, 5.74) is 1.02. The molecule has 25 heavy (non-hydrogen) atoms. The van der Waals surface area contributed by atoms with Gasteiger partial charge < -0.3 is 20.1 Å². The Morgan fingerprint density at radius 3 is 2.52 bits per heavy atom. The van der Waals surface area contributed by atoms with Crippen molar-refractivity contribution in [3.8, 4) is 11.5 Å². The minimum absolute atomic E-state index is 0. The molecule has 7 nitrogen and oxygen atoms in total. The number of rotatable bonds is 5. The standard InChI is InChI=1S/C16H25N3O4S.HI/c1-16(2,3)24(20,21)8-7-18-15(17-4)19-10-12-5-6-13-14(9-12)23-11-22-13;/h5-6,9H,7-8,10-11H2,1-4H3,(H2,17,18,19);1H. The van der Waals surface area contributed by atoms with E-state index in [2.05, 4.69) is 15.6 Å². The quantitative estimate of drug-likeness (QED) is 0.378. The lowest BCUT2D eigenvalue weighted by atomic mass is 10.2. The van der Waals surface area contributed by atoms with Gasteiger partial charge >= 0.3 is 0 Å². The Labute approximate surface area is 166 Å². The molecule has 0 saturated carbocycles. The highest BCUT2D eigenvalue weighted by molar-refractivity contribution is 14.0. The van der Waals surface area contributed by atoms with Crippen LogP contribution in [-0.4, -0.2) is 45.3 Å². The van der Waals surface area contributed by atoms with Crippen LogP contribution < -0.4 is 20.1 Å². The molecule has 1 aromatic rings. The van der Waals surface area contributed by atoms with Gasteiger partial charge in [-0.3, -0.25) is 4.99 Å². The Balaban J connectivity index is 0.00000312. The number of aliphatic imine (C=N–C) groups is 1. The lowest BCUT2D eigenvalue weighted by Gasteiger charge is -2.19. The lowest BCUT2D eigenvalue weighted by molar-refractivity contribution is 0.174. The monoisotopic (exact) mass is 483 g/mol. The van der Waals surface area contributed by atoms with Gasteiger partial charge in [0.15, 0.2) is 27.3 Å². The predicted molar refractivity (Wildman–Crippen MR) is 110 cm³/mol. The van der Waals surface area contributed by atoms with Gasteiger partial charge in [-0.1, -0.05) is 6.07 Å². The van der Waals surface area contributed by atoms with Crippen LogP contribution in [0.4, 0.5) is 0 Å². The van der Waals surface area contributed by atoms with Crippen molar-refractivity contribution in [3.05, 3.63) is 23.8 Å². The van der Waals surface area contributed by atoms with Crippen LogP contribution in [0, 0.1) is 0 Å². The number of hydrogen-bond acceptors (Lipinski definition) is 5. The topological polar surface area (TPSA) is 89.0 Å². The normalized spacial score (nSPS) is 14.0. The second kappa shape index (κ2) is 8.93. The van der Waals surface area contributed by atoms with Crippen molar-refractivity contribution in [2.75, 3.05) is 26.1 Å². The molecule has 1 aliphatic rings. The van der Waals surface area contributed by atoms with E-state index in [1.807, 2.05) is 18.2 Å². The molecule has 9 heteroatoms. The third-order valence-corrected chi connectivity index (χ3v) is 6.32. The number of sulfone groups is 1. The predicted octanol–water partition coefficient (Wildman–Crippen LogP) is 1.91. The summed E-state index contributed by atoms with van der Waals surface area (Å²) in [7, 11) is -1.51. The molecule has 1 aromatic carbocycles. The minimum atomic E-state index is -3.15. The summed E-state index contributed by atoms with van der Waals surface area (Å²) < 4.78 is 34.0. The molecule has 0 fully saturated rings. The van der Waals surface area contributed by atoms with Crippen LogP contribution in [0.3, 0.4) is 0 Å². The van der Waals surface area contributed by atoms with E-state index >= 15 is 0 Å². The molecule has 0 radical (unpaired) electrons. The van der Waals surface area contributed by atoms with Crippen molar-refractivity contribution >= 4 is 39.8 Å². The van der Waals surface area contributed by atoms with Gasteiger partial charge in [-0.15, -0.1) is 24.0 Å². The molecule has 0 spiro atoms. The van der Waals surface area contributed by atoms with Crippen LogP contribution in [0.2, 0.25) is 0 Å². The second-order valence-corrected chi connectivity index (χ2v) is 9.33. The lowest BCUT2D eigenvalue weighted by Crippen LogP contribution is -2.41. The Morgan fingerprint density at radius 1 is 1.20 bits per heavy atom. The summed E-state index contributed by atoms with van der Waals surface area (Å²) in [6.45, 7) is 6.21. The Hall–Kier alpha value is -1.23. The van der Waals surface area contributed by atoms with Crippen LogP contribution >= 0.6 is 24.0 Å². The fraction of sp³-hybridized carbons (Fsp3) is 0.562. The van der Waals surface area contributed by atoms with Gasteiger partial charge in [0.1, 0.15) is 0 Å². The third-order valence-electron chi connectivity index (χ3n) is 3.72. The van der Waals surface area contributed by atoms with Gasteiger partial charge in [0.05, 0.1) is 10.5 Å². The number of fused-ring (bicyclic) bond motifs is 1. The van der Waals surface area contributed by atoms with E-state index in [1.54, 1.807) is 27.8 Å². The molecule has 2 rings (SSSR count). The largest absolute Gasteiger partial charge is 0.454 e. The van der Waals surface area contributed by atoms with Gasteiger partial charge in [-0.2, -0.15) is 0 Å². The Bertz CT molecular complexity index is 715. The van der Waals surface area contributed by atoms with E-state index in [0.717, 1.165) is 17.1 Å². The zero-order valence-corrected chi connectivity index (χ0v) is 18.1. The van der Waals surface area contributed by atoms with Crippen molar-refractivity contribution in [2.45, 2.75) is 32.1 Å². The number of nitrogens with one attached hydrogen (secondary N) is 2. The van der Waals surface area contributed by atoms with E-state index in [0.29, 0.717) is 19.0 Å². The van der Waals surface area contributed by atoms with Crippen LogP contribution in [0.5, 0.6) is 11.5 Å². The van der Waals surface area contributed by atoms with Crippen LogP contribution in [0.25, 0.3) is 0 Å². The zero-order valence-electron chi connectivity index (χ0n) is 15.0. The molecule has 1 heterocycles. The van der Waals surface area contributed by atoms with Crippen molar-refractivity contribution in [3.63, 3.8) is 0 Å². The molecule has 0 unspecified atom stereocenters. The van der Waals surface area contributed by atoms with Gasteiger partial charge in [0.2, 0.25) is 6.79 Å². The van der Waals surface area contributed by atoms with Crippen molar-refractivity contribution < 1.29 is 17.9 Å². The average Bonchev–Trinajstić information content (AvgIpc) is 2.97. The second-order valence-electron chi connectivity index (χ2n) is 6.47. The van der Waals surface area contributed by atoms with E-state index in [-0.39, 0.29) is 36.5 Å². The first kappa shape index (κ1) is 21.8. The maximum Gasteiger partial charge on any atom is 0.231 e. The Morgan fingerprint density at radius 2 is 1.88 bits per heavy atom. The first-order valence-electron chi connectivity index (χ1n) is 7.78. The number of guanidine groups is 1. The maximum absolute atomic E-state index is 12.1. The smallest absolute Gasteiger partial charge is 0.231 e. The van der Waals surface area contributed by atoms with Crippen LogP contribution in [0.15, 0.2) is 23.2 Å². The summed E-state index contributed by atoms with van der Waals surface area (Å²) in [4.78, 5) is 4.10. The van der Waals surface area contributed by atoms with E-state index in [1.165, 1.54) is 0 Å². The highest BCUT2D eigenvalue weighted by Gasteiger charge is 2.28. The number of halogens is 1. The highest BCUT2D eigenvalue weighted by atomic mass is 127. The maximum atomic E-state index is 12.1. The number of nitrogens with zero attached hydrogens (tertiary/aromatic N) is 1. The van der Waals surface area contributed by atoms with Crippen LogP contribution in [0.1, 0.15) is 26.3 Å². The molecule has 142 valence electrons. The van der Waals surface area contributed by atoms with Crippen LogP contribution in [-0.2, 0) is 16.4 Å². The van der Waals surface area contributed by atoms with Crippen molar-refractivity contribution in [1.82, 2.24) is 10.6 Å². The fourth-order valence-corrected chi connectivity index (χ4v) is 3.05. The number of hydrogen-bond donors (Lipinski definition) is 2. The Kier molecular flexibility index (Phi) is 7.79. The van der Waals surface area contributed by atoms with E-state index < -0.39 is 14.6 Å².